The molecule has 1 amide bonds. The maximum Gasteiger partial charge on any atom is 0.254 e. The predicted octanol–water partition coefficient (Wildman–Crippen LogP) is 5.04. The van der Waals surface area contributed by atoms with E-state index in [0.717, 1.165) is 79.4 Å². The zero-order chi connectivity index (χ0) is 35.3. The number of aryl methyl sites for hydroxylation is 1. The Balaban J connectivity index is 1.19. The normalized spacial score (nSPS) is 26.9. The van der Waals surface area contributed by atoms with Gasteiger partial charge in [0, 0.05) is 96.2 Å². The molecule has 3 atom stereocenters. The number of nitrogens with one attached hydrogen (secondary N) is 2. The van der Waals surface area contributed by atoms with E-state index in [1.54, 1.807) is 0 Å². The smallest absolute Gasteiger partial charge is 0.254 e. The highest BCUT2D eigenvalue weighted by molar-refractivity contribution is 7.98. The summed E-state index contributed by atoms with van der Waals surface area (Å²) in [4.78, 5) is 40.0. The molecule has 0 radical (unpaired) electrons. The molecule has 50 heavy (non-hydrogen) atoms. The first kappa shape index (κ1) is 34.9. The molecule has 3 N–H and O–H groups in total. The maximum atomic E-state index is 14.0. The van der Waals surface area contributed by atoms with Crippen LogP contribution in [0.1, 0.15) is 73.6 Å². The number of nitrogens with zero attached hydrogens (tertiary/aromatic N) is 3. The first-order valence-electron chi connectivity index (χ1n) is 17.8. The fourth-order valence-electron chi connectivity index (χ4n) is 8.15. The highest BCUT2D eigenvalue weighted by atomic mass is 32.2. The number of aliphatic hydroxyl groups is 1. The summed E-state index contributed by atoms with van der Waals surface area (Å²) in [6.45, 7) is 13.0. The van der Waals surface area contributed by atoms with Crippen molar-refractivity contribution in [3.8, 4) is 22.6 Å². The van der Waals surface area contributed by atoms with Gasteiger partial charge in [-0.3, -0.25) is 14.5 Å². The molecule has 2 saturated heterocycles. The van der Waals surface area contributed by atoms with Crippen LogP contribution in [0.15, 0.2) is 40.2 Å². The van der Waals surface area contributed by atoms with Crippen molar-refractivity contribution in [3.05, 3.63) is 63.2 Å². The van der Waals surface area contributed by atoms with Gasteiger partial charge in [0.1, 0.15) is 5.82 Å². The number of β-amino-alcohol motifs (C(OH)–C–C–N with tert-alkyl or cyclic N) is 1. The molecule has 1 unspecified atom stereocenters. The van der Waals surface area contributed by atoms with Crippen LogP contribution in [0.3, 0.4) is 0 Å². The molecule has 7 rings (SSSR count). The molecule has 11 nitrogen and oxygen atoms in total. The second-order valence-corrected chi connectivity index (χ2v) is 15.5. The number of rotatable bonds is 8. The quantitative estimate of drug-likeness (QED) is 0.275. The van der Waals surface area contributed by atoms with E-state index >= 15 is 0 Å². The molecule has 3 aromatic rings. The number of aromatic amines is 1. The first-order valence-corrected chi connectivity index (χ1v) is 19.0. The number of morpholine rings is 1. The minimum atomic E-state index is -0.897. The molecule has 12 heteroatoms. The number of fused-ring (bicyclic) bond motifs is 1. The van der Waals surface area contributed by atoms with Crippen LogP contribution < -0.4 is 25.2 Å². The van der Waals surface area contributed by atoms with Crippen LogP contribution in [0.2, 0.25) is 0 Å². The highest BCUT2D eigenvalue weighted by Gasteiger charge is 2.48. The summed E-state index contributed by atoms with van der Waals surface area (Å²) in [7, 11) is 0. The number of pyridine rings is 2. The van der Waals surface area contributed by atoms with E-state index in [1.165, 1.54) is 11.8 Å². The van der Waals surface area contributed by atoms with Gasteiger partial charge in [-0.05, 0) is 83.9 Å². The topological polar surface area (TPSA) is 129 Å². The molecule has 268 valence electrons. The van der Waals surface area contributed by atoms with Crippen molar-refractivity contribution < 1.29 is 24.1 Å². The Labute approximate surface area is 298 Å². The second kappa shape index (κ2) is 13.9. The fourth-order valence-corrected chi connectivity index (χ4v) is 8.85. The maximum absolute atomic E-state index is 14.0. The van der Waals surface area contributed by atoms with Crippen molar-refractivity contribution in [2.45, 2.75) is 102 Å². The number of likely N-dealkylation sites (tertiary alicyclic amines) is 1. The number of benzene rings is 1. The van der Waals surface area contributed by atoms with E-state index in [-0.39, 0.29) is 42.2 Å². The van der Waals surface area contributed by atoms with Gasteiger partial charge in [0.15, 0.2) is 11.5 Å². The van der Waals surface area contributed by atoms with Crippen LogP contribution in [-0.2, 0) is 11.3 Å². The van der Waals surface area contributed by atoms with Crippen molar-refractivity contribution in [2.75, 3.05) is 37.3 Å². The molecular weight excluding hydrogens is 655 g/mol. The average Bonchev–Trinajstić information content (AvgIpc) is 3.45. The number of aromatic nitrogens is 2. The van der Waals surface area contributed by atoms with Crippen LogP contribution in [0.25, 0.3) is 11.1 Å². The molecule has 0 bridgehead atoms. The lowest BCUT2D eigenvalue weighted by Gasteiger charge is -2.46. The summed E-state index contributed by atoms with van der Waals surface area (Å²) in [5, 5.41) is 12.8. The van der Waals surface area contributed by atoms with Gasteiger partial charge in [-0.15, -0.1) is 11.8 Å². The van der Waals surface area contributed by atoms with Gasteiger partial charge in [0.2, 0.25) is 0 Å². The monoisotopic (exact) mass is 703 g/mol. The van der Waals surface area contributed by atoms with Crippen LogP contribution in [0, 0.1) is 19.8 Å². The molecular formula is C38H49N5O6S. The Morgan fingerprint density at radius 1 is 1.06 bits per heavy atom. The third-order valence-electron chi connectivity index (χ3n) is 10.9. The summed E-state index contributed by atoms with van der Waals surface area (Å²) >= 11 is 1.48. The van der Waals surface area contributed by atoms with Crippen LogP contribution in [0.4, 0.5) is 5.82 Å². The molecule has 3 aliphatic heterocycles. The minimum absolute atomic E-state index is 0.0927. The van der Waals surface area contributed by atoms with Gasteiger partial charge >= 0.3 is 0 Å². The summed E-state index contributed by atoms with van der Waals surface area (Å²) < 4.78 is 19.6. The minimum Gasteiger partial charge on any atom is -0.448 e. The number of ether oxygens (including phenoxy) is 3. The number of H-pyrrole nitrogens is 1. The van der Waals surface area contributed by atoms with Gasteiger partial charge in [0.25, 0.3) is 17.3 Å². The Hall–Kier alpha value is -3.58. The summed E-state index contributed by atoms with van der Waals surface area (Å²) in [6.07, 6.45) is 7.72. The van der Waals surface area contributed by atoms with Gasteiger partial charge in [-0.25, -0.2) is 4.98 Å². The largest absolute Gasteiger partial charge is 0.448 e. The third-order valence-corrected chi connectivity index (χ3v) is 11.7. The fraction of sp³-hybridized carbons (Fsp3) is 0.553. The molecule has 1 aliphatic carbocycles. The number of carbonyl (C=O) groups excluding carboxylic acids is 1. The van der Waals surface area contributed by atoms with E-state index in [9.17, 15) is 14.7 Å². The van der Waals surface area contributed by atoms with E-state index in [4.69, 9.17) is 19.2 Å². The second-order valence-electron chi connectivity index (χ2n) is 14.7. The number of anilines is 1. The van der Waals surface area contributed by atoms with Gasteiger partial charge in [-0.1, -0.05) is 0 Å². The first-order chi connectivity index (χ1) is 23.9. The summed E-state index contributed by atoms with van der Waals surface area (Å²) in [5.41, 5.74) is 3.81. The van der Waals surface area contributed by atoms with Crippen molar-refractivity contribution in [1.82, 2.24) is 20.2 Å². The Morgan fingerprint density at radius 3 is 2.40 bits per heavy atom. The average molecular weight is 704 g/mol. The summed E-state index contributed by atoms with van der Waals surface area (Å²) in [5.74, 6) is 1.03. The van der Waals surface area contributed by atoms with E-state index < -0.39 is 5.79 Å². The number of thioether (sulfide) groups is 1. The predicted molar refractivity (Wildman–Crippen MR) is 194 cm³/mol. The van der Waals surface area contributed by atoms with Gasteiger partial charge < -0.3 is 34.5 Å². The van der Waals surface area contributed by atoms with Crippen LogP contribution in [0.5, 0.6) is 11.5 Å². The van der Waals surface area contributed by atoms with Crippen molar-refractivity contribution >= 4 is 23.5 Å². The Morgan fingerprint density at radius 2 is 1.76 bits per heavy atom. The SMILES string of the molecule is CSc1cc(C)[nH]c(=O)c1CNC(=O)c1cc(-c2ccc(N3C[C@@H](C)O[C@@H](C)C3)nc2)c2c(c1C)OC(C)([C@H]1CC[C@H](N3CC(O)C3)CC1)O2. The number of carbonyl (C=O) groups is 1. The van der Waals surface area contributed by atoms with E-state index in [0.29, 0.717) is 34.2 Å². The molecule has 1 saturated carbocycles. The number of hydrogen-bond acceptors (Lipinski definition) is 10. The van der Waals surface area contributed by atoms with Crippen molar-refractivity contribution in [3.63, 3.8) is 0 Å². The lowest BCUT2D eigenvalue weighted by Crippen LogP contribution is -2.57. The van der Waals surface area contributed by atoms with Crippen LogP contribution in [-0.4, -0.2) is 88.5 Å². The van der Waals surface area contributed by atoms with E-state index in [2.05, 4.69) is 33.9 Å². The Bertz CT molecular complexity index is 1790. The highest BCUT2D eigenvalue weighted by Crippen LogP contribution is 2.53. The van der Waals surface area contributed by atoms with Crippen molar-refractivity contribution in [2.24, 2.45) is 5.92 Å². The molecule has 4 aliphatic rings. The standard InChI is InChI=1S/C38H49N5O6S/c1-21-13-32(50-6)31(37(46)41-21)16-40-36(45)29-14-30(25-7-12-33(39-15-25)43-17-22(2)47-23(3)18-43)35-34(24(29)4)48-38(5,49-35)26-8-10-27(11-9-26)42-19-28(44)20-42/h7,12-15,22-23,26-28,44H,8-11,16-20H2,1-6H3,(H,40,45)(H,41,46)/t22-,23+,26-,27-,38?. The van der Waals surface area contributed by atoms with Gasteiger partial charge in [-0.2, -0.15) is 0 Å². The number of hydrogen-bond donors (Lipinski definition) is 3. The summed E-state index contributed by atoms with van der Waals surface area (Å²) in [6, 6.07) is 8.32. The third kappa shape index (κ3) is 6.75. The number of aliphatic hydroxyl groups excluding tert-OH is 1. The molecule has 2 aromatic heterocycles. The molecule has 5 heterocycles. The lowest BCUT2D eigenvalue weighted by molar-refractivity contribution is -0.128. The number of amides is 1. The van der Waals surface area contributed by atoms with Crippen LogP contribution >= 0.6 is 11.8 Å². The molecule has 1 aromatic carbocycles. The molecule has 0 spiro atoms. The zero-order valence-electron chi connectivity index (χ0n) is 29.9. The van der Waals surface area contributed by atoms with Gasteiger partial charge in [0.05, 0.1) is 18.3 Å². The van der Waals surface area contributed by atoms with E-state index in [1.807, 2.05) is 57.5 Å². The zero-order valence-corrected chi connectivity index (χ0v) is 30.7. The molecule has 3 fully saturated rings. The Kier molecular flexibility index (Phi) is 9.66. The lowest BCUT2D eigenvalue weighted by atomic mass is 9.80. The van der Waals surface area contributed by atoms with Crippen molar-refractivity contribution in [1.29, 1.82) is 0 Å².